The summed E-state index contributed by atoms with van der Waals surface area (Å²) in [5, 5.41) is 10.1. The predicted molar refractivity (Wildman–Crippen MR) is 142 cm³/mol. The van der Waals surface area contributed by atoms with Gasteiger partial charge in [-0.1, -0.05) is 35.9 Å². The van der Waals surface area contributed by atoms with Crippen LogP contribution in [0.3, 0.4) is 0 Å². The summed E-state index contributed by atoms with van der Waals surface area (Å²) in [6.45, 7) is 0.732. The molecular formula is C24H21ClF2N8S. The second-order valence-electron chi connectivity index (χ2n) is 7.48. The Morgan fingerprint density at radius 2 is 1.17 bits per heavy atom. The molecule has 0 aliphatic heterocycles. The topological polar surface area (TPSA) is 98.8 Å². The van der Waals surface area contributed by atoms with Crippen LogP contribution in [0.25, 0.3) is 0 Å². The first kappa shape index (κ1) is 25.0. The van der Waals surface area contributed by atoms with Crippen molar-refractivity contribution in [3.63, 3.8) is 0 Å². The summed E-state index contributed by atoms with van der Waals surface area (Å²) in [7, 11) is 0. The van der Waals surface area contributed by atoms with E-state index in [1.807, 2.05) is 0 Å². The van der Waals surface area contributed by atoms with Gasteiger partial charge >= 0.3 is 0 Å². The van der Waals surface area contributed by atoms with Crippen LogP contribution in [0.1, 0.15) is 11.1 Å². The van der Waals surface area contributed by atoms with E-state index in [-0.39, 0.29) is 34.6 Å². The zero-order chi connectivity index (χ0) is 25.3. The summed E-state index contributed by atoms with van der Waals surface area (Å²) in [4.78, 5) is 13.1. The van der Waals surface area contributed by atoms with Gasteiger partial charge in [0, 0.05) is 23.8 Å². The molecule has 1 aromatic heterocycles. The molecule has 0 spiro atoms. The molecule has 0 bridgehead atoms. The van der Waals surface area contributed by atoms with E-state index in [9.17, 15) is 8.78 Å². The van der Waals surface area contributed by atoms with Gasteiger partial charge in [-0.15, -0.1) is 0 Å². The molecule has 1 heterocycles. The van der Waals surface area contributed by atoms with Crippen LogP contribution in [0.15, 0.2) is 72.8 Å². The van der Waals surface area contributed by atoms with Crippen molar-refractivity contribution >= 4 is 52.5 Å². The van der Waals surface area contributed by atoms with E-state index in [1.54, 1.807) is 48.5 Å². The normalized spacial score (nSPS) is 10.4. The molecule has 184 valence electrons. The number of rotatable bonds is 9. The average Bonchev–Trinajstić information content (AvgIpc) is 2.88. The molecule has 8 nitrogen and oxygen atoms in total. The summed E-state index contributed by atoms with van der Waals surface area (Å²) in [5.41, 5.74) is 8.11. The highest BCUT2D eigenvalue weighted by atomic mass is 35.5. The Kier molecular flexibility index (Phi) is 8.37. The third kappa shape index (κ3) is 7.72. The minimum absolute atomic E-state index is 0.188. The fourth-order valence-corrected chi connectivity index (χ4v) is 3.26. The molecule has 0 radical (unpaired) electrons. The van der Waals surface area contributed by atoms with Crippen LogP contribution in [-0.2, 0) is 13.1 Å². The van der Waals surface area contributed by atoms with Crippen molar-refractivity contribution in [2.75, 3.05) is 21.4 Å². The van der Waals surface area contributed by atoms with E-state index >= 15 is 0 Å². The van der Waals surface area contributed by atoms with Gasteiger partial charge in [-0.3, -0.25) is 10.9 Å². The van der Waals surface area contributed by atoms with E-state index in [0.29, 0.717) is 18.1 Å². The predicted octanol–water partition coefficient (Wildman–Crippen LogP) is 5.34. The highest BCUT2D eigenvalue weighted by molar-refractivity contribution is 7.80. The molecule has 36 heavy (non-hydrogen) atoms. The fourth-order valence-electron chi connectivity index (χ4n) is 2.96. The molecule has 0 aliphatic carbocycles. The van der Waals surface area contributed by atoms with Crippen LogP contribution in [0, 0.1) is 11.6 Å². The molecular weight excluding hydrogens is 506 g/mol. The molecule has 4 rings (SSSR count). The van der Waals surface area contributed by atoms with Gasteiger partial charge in [0.1, 0.15) is 11.6 Å². The number of nitrogens with one attached hydrogen (secondary N) is 5. The number of nitrogens with zero attached hydrogens (tertiary/aromatic N) is 3. The number of hydrogen-bond acceptors (Lipinski definition) is 7. The molecule has 0 saturated carbocycles. The highest BCUT2D eigenvalue weighted by Crippen LogP contribution is 2.14. The van der Waals surface area contributed by atoms with Crippen molar-refractivity contribution < 1.29 is 8.78 Å². The number of benzene rings is 3. The monoisotopic (exact) mass is 526 g/mol. The Morgan fingerprint density at radius 1 is 0.694 bits per heavy atom. The second-order valence-corrected chi connectivity index (χ2v) is 8.32. The number of thiocarbonyl (C=S) groups is 1. The van der Waals surface area contributed by atoms with Crippen molar-refractivity contribution in [3.8, 4) is 0 Å². The number of hydrogen-bond donors (Lipinski definition) is 5. The largest absolute Gasteiger partial charge is 0.350 e. The van der Waals surface area contributed by atoms with Crippen molar-refractivity contribution in [1.82, 2.24) is 20.4 Å². The number of halogens is 3. The maximum Gasteiger partial charge on any atom is 0.248 e. The first-order valence-corrected chi connectivity index (χ1v) is 11.5. The molecule has 4 aromatic rings. The zero-order valence-corrected chi connectivity index (χ0v) is 20.3. The standard InChI is InChI=1S/C24H21ClF2N8S/c25-17-5-11-20(12-6-17)30-24(36)35-34-23-32-21(28-13-15-1-7-18(26)8-2-15)31-22(33-23)29-14-16-3-9-19(27)10-4-16/h1-12H,13-14H2,(H2,30,35,36)(H3,28,29,31,32,33,34). The smallest absolute Gasteiger partial charge is 0.248 e. The third-order valence-corrected chi connectivity index (χ3v) is 5.21. The van der Waals surface area contributed by atoms with E-state index in [2.05, 4.69) is 41.8 Å². The lowest BCUT2D eigenvalue weighted by molar-refractivity contribution is 0.626. The van der Waals surface area contributed by atoms with E-state index in [4.69, 9.17) is 23.8 Å². The summed E-state index contributed by atoms with van der Waals surface area (Å²) < 4.78 is 26.4. The van der Waals surface area contributed by atoms with Gasteiger partial charge in [-0.2, -0.15) is 15.0 Å². The first-order chi connectivity index (χ1) is 17.4. The van der Waals surface area contributed by atoms with Crippen LogP contribution in [0.5, 0.6) is 0 Å². The molecule has 0 aliphatic rings. The summed E-state index contributed by atoms with van der Waals surface area (Å²) in [6, 6.07) is 19.2. The Bertz CT molecular complexity index is 1240. The van der Waals surface area contributed by atoms with Crippen LogP contribution >= 0.6 is 23.8 Å². The summed E-state index contributed by atoms with van der Waals surface area (Å²) >= 11 is 11.2. The molecule has 3 aromatic carbocycles. The van der Waals surface area contributed by atoms with E-state index in [1.165, 1.54) is 24.3 Å². The van der Waals surface area contributed by atoms with Crippen molar-refractivity contribution in [3.05, 3.63) is 101 Å². The van der Waals surface area contributed by atoms with Gasteiger partial charge in [0.05, 0.1) is 0 Å². The fraction of sp³-hybridized carbons (Fsp3) is 0.0833. The Hall–Kier alpha value is -4.09. The van der Waals surface area contributed by atoms with E-state index < -0.39 is 0 Å². The van der Waals surface area contributed by atoms with Gasteiger partial charge in [-0.05, 0) is 71.9 Å². The number of hydrazine groups is 1. The Morgan fingerprint density at radius 3 is 1.67 bits per heavy atom. The van der Waals surface area contributed by atoms with Gasteiger partial charge in [-0.25, -0.2) is 8.78 Å². The Labute approximate surface area is 216 Å². The van der Waals surface area contributed by atoms with Gasteiger partial charge in [0.15, 0.2) is 5.11 Å². The molecule has 5 N–H and O–H groups in total. The maximum absolute atomic E-state index is 13.2. The quantitative estimate of drug-likeness (QED) is 0.146. The molecule has 0 unspecified atom stereocenters. The molecule has 12 heteroatoms. The third-order valence-electron chi connectivity index (χ3n) is 4.75. The zero-order valence-electron chi connectivity index (χ0n) is 18.7. The molecule has 0 fully saturated rings. The SMILES string of the molecule is Fc1ccc(CNc2nc(NCc3ccc(F)cc3)nc(NNC(=S)Nc3ccc(Cl)cc3)n2)cc1. The minimum atomic E-state index is -0.313. The molecule has 0 atom stereocenters. The van der Waals surface area contributed by atoms with Crippen molar-refractivity contribution in [2.45, 2.75) is 13.1 Å². The molecule has 0 amide bonds. The van der Waals surface area contributed by atoms with Crippen LogP contribution in [0.4, 0.5) is 32.3 Å². The average molecular weight is 527 g/mol. The summed E-state index contributed by atoms with van der Waals surface area (Å²) in [5.74, 6) is 0.112. The second kappa shape index (κ2) is 12.0. The lowest BCUT2D eigenvalue weighted by Crippen LogP contribution is -2.34. The van der Waals surface area contributed by atoms with Gasteiger partial charge in [0.2, 0.25) is 17.8 Å². The lowest BCUT2D eigenvalue weighted by Gasteiger charge is -2.14. The number of anilines is 4. The Balaban J connectivity index is 1.43. The van der Waals surface area contributed by atoms with Crippen molar-refractivity contribution in [2.24, 2.45) is 0 Å². The summed E-state index contributed by atoms with van der Waals surface area (Å²) in [6.07, 6.45) is 0. The maximum atomic E-state index is 13.2. The number of aromatic nitrogens is 3. The van der Waals surface area contributed by atoms with Crippen LogP contribution in [-0.4, -0.2) is 20.1 Å². The van der Waals surface area contributed by atoms with Crippen molar-refractivity contribution in [1.29, 1.82) is 0 Å². The molecule has 0 saturated heterocycles. The van der Waals surface area contributed by atoms with Crippen LogP contribution < -0.4 is 26.8 Å². The first-order valence-electron chi connectivity index (χ1n) is 10.7. The lowest BCUT2D eigenvalue weighted by atomic mass is 10.2. The van der Waals surface area contributed by atoms with Crippen LogP contribution in [0.2, 0.25) is 5.02 Å². The van der Waals surface area contributed by atoms with E-state index in [0.717, 1.165) is 16.8 Å². The van der Waals surface area contributed by atoms with Gasteiger partial charge in [0.25, 0.3) is 0 Å². The highest BCUT2D eigenvalue weighted by Gasteiger charge is 2.08. The minimum Gasteiger partial charge on any atom is -0.350 e. The van der Waals surface area contributed by atoms with Gasteiger partial charge < -0.3 is 16.0 Å².